The Balaban J connectivity index is 0.895. The standard InChI is InChI=1S/C74H50N2O/c1-4-18-51(19-5-1)56-25-14-28-63(47-56)75(62-42-38-55(39-43-62)69-33-17-34-70-71-45-41-54-24-10-11-32-68(54)74(71)77-73(69)70)64-29-16-27-61(50-64)67-31-12-13-35-72(67)76(65-30-15-26-57(48-65)52-20-6-2-7-21-52)66-44-40-59-46-58(36-37-60(59)49-66)53-22-8-3-9-23-53/h1-50H. The van der Waals surface area contributed by atoms with Crippen LogP contribution in [0.25, 0.3) is 99.1 Å². The van der Waals surface area contributed by atoms with E-state index >= 15 is 0 Å². The first-order valence-corrected chi connectivity index (χ1v) is 26.3. The molecule has 1 heterocycles. The summed E-state index contributed by atoms with van der Waals surface area (Å²) in [6.45, 7) is 0. The number of para-hydroxylation sites is 2. The summed E-state index contributed by atoms with van der Waals surface area (Å²) in [5.74, 6) is 0. The van der Waals surface area contributed by atoms with Crippen molar-refractivity contribution in [1.29, 1.82) is 0 Å². The quantitative estimate of drug-likeness (QED) is 0.129. The highest BCUT2D eigenvalue weighted by Crippen LogP contribution is 2.46. The minimum atomic E-state index is 0.895. The van der Waals surface area contributed by atoms with Crippen LogP contribution in [0.15, 0.2) is 308 Å². The Morgan fingerprint density at radius 3 is 1.34 bits per heavy atom. The second-order valence-corrected chi connectivity index (χ2v) is 19.7. The van der Waals surface area contributed by atoms with Gasteiger partial charge in [0.15, 0.2) is 0 Å². The van der Waals surface area contributed by atoms with Crippen LogP contribution in [0.1, 0.15) is 0 Å². The zero-order valence-corrected chi connectivity index (χ0v) is 42.2. The Morgan fingerprint density at radius 2 is 0.649 bits per heavy atom. The molecule has 0 aliphatic heterocycles. The highest BCUT2D eigenvalue weighted by atomic mass is 16.3. The molecule has 0 N–H and O–H groups in total. The zero-order chi connectivity index (χ0) is 51.1. The van der Waals surface area contributed by atoms with Crippen molar-refractivity contribution in [1.82, 2.24) is 0 Å². The summed E-state index contributed by atoms with van der Waals surface area (Å²) in [7, 11) is 0. The second-order valence-electron chi connectivity index (χ2n) is 19.7. The Morgan fingerprint density at radius 1 is 0.208 bits per heavy atom. The summed E-state index contributed by atoms with van der Waals surface area (Å²) < 4.78 is 6.81. The van der Waals surface area contributed by atoms with Gasteiger partial charge in [0, 0.05) is 55.7 Å². The summed E-state index contributed by atoms with van der Waals surface area (Å²) in [4.78, 5) is 4.80. The molecule has 0 radical (unpaired) electrons. The third-order valence-electron chi connectivity index (χ3n) is 15.0. The highest BCUT2D eigenvalue weighted by molar-refractivity contribution is 6.17. The predicted molar refractivity (Wildman–Crippen MR) is 325 cm³/mol. The van der Waals surface area contributed by atoms with Crippen molar-refractivity contribution in [3.05, 3.63) is 303 Å². The van der Waals surface area contributed by atoms with Gasteiger partial charge in [-0.3, -0.25) is 0 Å². The van der Waals surface area contributed by atoms with E-state index in [2.05, 4.69) is 313 Å². The van der Waals surface area contributed by atoms with Crippen LogP contribution in [0.2, 0.25) is 0 Å². The SMILES string of the molecule is c1ccc(-c2cccc(N(c3ccc(-c4cccc5c4oc4c6ccccc6ccc54)cc3)c3cccc(-c4ccccc4N(c4cccc(-c5ccccc5)c4)c4ccc5cc(-c6ccccc6)ccc5c4)c3)c2)cc1. The molecule has 14 rings (SSSR count). The fraction of sp³-hybridized carbons (Fsp3) is 0. The monoisotopic (exact) mass is 982 g/mol. The van der Waals surface area contributed by atoms with Gasteiger partial charge in [0.25, 0.3) is 0 Å². The summed E-state index contributed by atoms with van der Waals surface area (Å²) >= 11 is 0. The molecular weight excluding hydrogens is 933 g/mol. The van der Waals surface area contributed by atoms with E-state index in [9.17, 15) is 0 Å². The smallest absolute Gasteiger partial charge is 0.143 e. The maximum Gasteiger partial charge on any atom is 0.143 e. The molecule has 1 aromatic heterocycles. The van der Waals surface area contributed by atoms with Crippen molar-refractivity contribution in [3.8, 4) is 55.6 Å². The van der Waals surface area contributed by atoms with Crippen LogP contribution in [0.3, 0.4) is 0 Å². The van der Waals surface area contributed by atoms with Gasteiger partial charge in [-0.2, -0.15) is 0 Å². The van der Waals surface area contributed by atoms with Crippen LogP contribution in [-0.4, -0.2) is 0 Å². The summed E-state index contributed by atoms with van der Waals surface area (Å²) in [5, 5.41) is 6.90. The lowest BCUT2D eigenvalue weighted by atomic mass is 9.98. The van der Waals surface area contributed by atoms with Crippen molar-refractivity contribution < 1.29 is 4.42 Å². The molecular formula is C74H50N2O. The van der Waals surface area contributed by atoms with Gasteiger partial charge in [-0.1, -0.05) is 224 Å². The number of furan rings is 1. The molecule has 0 saturated heterocycles. The largest absolute Gasteiger partial charge is 0.455 e. The Kier molecular flexibility index (Phi) is 11.5. The second kappa shape index (κ2) is 19.6. The molecule has 0 saturated carbocycles. The minimum absolute atomic E-state index is 0.895. The number of nitrogens with zero attached hydrogens (tertiary/aromatic N) is 2. The van der Waals surface area contributed by atoms with E-state index < -0.39 is 0 Å². The average Bonchev–Trinajstić information content (AvgIpc) is 3.92. The predicted octanol–water partition coefficient (Wildman–Crippen LogP) is 21.2. The number of hydrogen-bond acceptors (Lipinski definition) is 3. The molecule has 0 unspecified atom stereocenters. The number of benzene rings is 13. The molecule has 0 bridgehead atoms. The van der Waals surface area contributed by atoms with E-state index in [0.29, 0.717) is 0 Å². The van der Waals surface area contributed by atoms with E-state index in [1.54, 1.807) is 0 Å². The van der Waals surface area contributed by atoms with Gasteiger partial charge < -0.3 is 14.2 Å². The van der Waals surface area contributed by atoms with Crippen LogP contribution in [0.4, 0.5) is 34.1 Å². The van der Waals surface area contributed by atoms with E-state index in [-0.39, 0.29) is 0 Å². The third kappa shape index (κ3) is 8.56. The molecule has 3 nitrogen and oxygen atoms in total. The van der Waals surface area contributed by atoms with Crippen molar-refractivity contribution in [2.45, 2.75) is 0 Å². The van der Waals surface area contributed by atoms with Gasteiger partial charge in [0.2, 0.25) is 0 Å². The van der Waals surface area contributed by atoms with Gasteiger partial charge in [0.1, 0.15) is 11.2 Å². The molecule has 0 fully saturated rings. The lowest BCUT2D eigenvalue weighted by Gasteiger charge is -2.29. The number of hydrogen-bond donors (Lipinski definition) is 0. The molecule has 0 amide bonds. The molecule has 0 atom stereocenters. The van der Waals surface area contributed by atoms with Crippen molar-refractivity contribution >= 4 is 77.6 Å². The van der Waals surface area contributed by atoms with Crippen LogP contribution in [0.5, 0.6) is 0 Å². The topological polar surface area (TPSA) is 19.6 Å². The summed E-state index contributed by atoms with van der Waals surface area (Å²) in [5.41, 5.74) is 19.6. The summed E-state index contributed by atoms with van der Waals surface area (Å²) in [6.07, 6.45) is 0. The maximum absolute atomic E-state index is 6.81. The van der Waals surface area contributed by atoms with Crippen LogP contribution < -0.4 is 9.80 Å². The van der Waals surface area contributed by atoms with Crippen LogP contribution in [-0.2, 0) is 0 Å². The fourth-order valence-corrected chi connectivity index (χ4v) is 11.2. The first kappa shape index (κ1) is 45.4. The lowest BCUT2D eigenvalue weighted by molar-refractivity contribution is 0.674. The van der Waals surface area contributed by atoms with E-state index in [4.69, 9.17) is 4.42 Å². The average molecular weight is 983 g/mol. The Hall–Kier alpha value is -10.2. The van der Waals surface area contributed by atoms with Gasteiger partial charge in [0.05, 0.1) is 5.69 Å². The van der Waals surface area contributed by atoms with Crippen molar-refractivity contribution in [3.63, 3.8) is 0 Å². The molecule has 77 heavy (non-hydrogen) atoms. The van der Waals surface area contributed by atoms with Gasteiger partial charge in [-0.05, 0) is 140 Å². The van der Waals surface area contributed by atoms with Crippen molar-refractivity contribution in [2.24, 2.45) is 0 Å². The number of anilines is 6. The lowest BCUT2D eigenvalue weighted by Crippen LogP contribution is -2.12. The normalized spacial score (nSPS) is 11.4. The Labute approximate surface area is 448 Å². The first-order valence-electron chi connectivity index (χ1n) is 26.3. The molecule has 0 aliphatic carbocycles. The minimum Gasteiger partial charge on any atom is -0.455 e. The van der Waals surface area contributed by atoms with E-state index in [0.717, 1.165) is 94.8 Å². The number of fused-ring (bicyclic) bond motifs is 6. The van der Waals surface area contributed by atoms with E-state index in [1.165, 1.54) is 38.4 Å². The zero-order valence-electron chi connectivity index (χ0n) is 42.2. The van der Waals surface area contributed by atoms with Gasteiger partial charge in [-0.25, -0.2) is 0 Å². The van der Waals surface area contributed by atoms with Gasteiger partial charge in [-0.15, -0.1) is 0 Å². The molecule has 14 aromatic rings. The highest BCUT2D eigenvalue weighted by Gasteiger charge is 2.22. The van der Waals surface area contributed by atoms with Crippen molar-refractivity contribution in [2.75, 3.05) is 9.80 Å². The Bertz CT molecular complexity index is 4450. The fourth-order valence-electron chi connectivity index (χ4n) is 11.2. The summed E-state index contributed by atoms with van der Waals surface area (Å²) in [6, 6.07) is 109. The van der Waals surface area contributed by atoms with Crippen LogP contribution >= 0.6 is 0 Å². The molecule has 0 spiro atoms. The number of rotatable bonds is 11. The third-order valence-corrected chi connectivity index (χ3v) is 15.0. The molecule has 0 aliphatic rings. The molecule has 362 valence electrons. The first-order chi connectivity index (χ1) is 38.2. The van der Waals surface area contributed by atoms with E-state index in [1.807, 2.05) is 0 Å². The van der Waals surface area contributed by atoms with Gasteiger partial charge >= 0.3 is 0 Å². The molecule has 13 aromatic carbocycles. The van der Waals surface area contributed by atoms with Crippen LogP contribution in [0, 0.1) is 0 Å². The maximum atomic E-state index is 6.81. The molecule has 3 heteroatoms.